The molecule has 0 aliphatic carbocycles. The fraction of sp³-hybridized carbons (Fsp3) is 0.250. The molecule has 0 unspecified atom stereocenters. The van der Waals surface area contributed by atoms with Crippen molar-refractivity contribution >= 4 is 12.0 Å². The predicted octanol–water partition coefficient (Wildman–Crippen LogP) is 2.49. The van der Waals surface area contributed by atoms with Crippen LogP contribution in [0, 0.1) is 0 Å². The third-order valence-electron chi connectivity index (χ3n) is 2.07. The molecule has 7 heteroatoms. The number of ether oxygens (including phenoxy) is 3. The van der Waals surface area contributed by atoms with Crippen LogP contribution < -0.4 is 4.74 Å². The van der Waals surface area contributed by atoms with Crippen LogP contribution in [-0.2, 0) is 14.3 Å². The van der Waals surface area contributed by atoms with Crippen molar-refractivity contribution in [1.29, 1.82) is 0 Å². The number of carbonyl (C=O) groups excluding carboxylic acids is 1. The molecular formula is C12H13N3O4. The summed E-state index contributed by atoms with van der Waals surface area (Å²) in [5, 5.41) is 3.28. The average Bonchev–Trinajstić information content (AvgIpc) is 2.45. The van der Waals surface area contributed by atoms with E-state index in [1.54, 1.807) is 24.3 Å². The quantitative estimate of drug-likeness (QED) is 0.197. The van der Waals surface area contributed by atoms with Crippen LogP contribution in [0.3, 0.4) is 0 Å². The highest BCUT2D eigenvalue weighted by Gasteiger charge is 2.07. The molecule has 1 aromatic rings. The summed E-state index contributed by atoms with van der Waals surface area (Å²) < 4.78 is 14.5. The lowest BCUT2D eigenvalue weighted by Gasteiger charge is -2.04. The third-order valence-corrected chi connectivity index (χ3v) is 2.07. The number of nitrogens with zero attached hydrogens (tertiary/aromatic N) is 3. The maximum absolute atomic E-state index is 11.3. The minimum Gasteiger partial charge on any atom is -0.468 e. The molecule has 0 aliphatic heterocycles. The Morgan fingerprint density at radius 2 is 2.05 bits per heavy atom. The van der Waals surface area contributed by atoms with Gasteiger partial charge in [-0.15, -0.1) is 0 Å². The van der Waals surface area contributed by atoms with E-state index in [1.807, 2.05) is 0 Å². The van der Waals surface area contributed by atoms with Gasteiger partial charge in [0.05, 0.1) is 7.11 Å². The molecule has 0 fully saturated rings. The molecular weight excluding hydrogens is 250 g/mol. The number of hydrogen-bond acceptors (Lipinski definition) is 5. The van der Waals surface area contributed by atoms with Crippen molar-refractivity contribution in [2.45, 2.75) is 0 Å². The number of esters is 1. The highest BCUT2D eigenvalue weighted by Crippen LogP contribution is 2.15. The second-order valence-electron chi connectivity index (χ2n) is 3.33. The molecule has 0 bridgehead atoms. The lowest BCUT2D eigenvalue weighted by Crippen LogP contribution is -2.02. The summed E-state index contributed by atoms with van der Waals surface area (Å²) in [6.45, 7) is 0.154. The third kappa shape index (κ3) is 4.71. The monoisotopic (exact) mass is 263 g/mol. The SMILES string of the molecule is COCOc1ccc(/C=C(\N=[N+]=[N-])C(=O)OC)cc1. The second-order valence-corrected chi connectivity index (χ2v) is 3.33. The lowest BCUT2D eigenvalue weighted by atomic mass is 10.2. The van der Waals surface area contributed by atoms with Gasteiger partial charge in [0, 0.05) is 12.0 Å². The van der Waals surface area contributed by atoms with E-state index in [4.69, 9.17) is 15.0 Å². The van der Waals surface area contributed by atoms with Gasteiger partial charge in [-0.3, -0.25) is 0 Å². The number of azide groups is 1. The summed E-state index contributed by atoms with van der Waals surface area (Å²) >= 11 is 0. The van der Waals surface area contributed by atoms with E-state index in [-0.39, 0.29) is 12.5 Å². The first-order valence-corrected chi connectivity index (χ1v) is 5.28. The Morgan fingerprint density at radius 3 is 2.58 bits per heavy atom. The Hall–Kier alpha value is -2.50. The molecule has 0 aliphatic rings. The van der Waals surface area contributed by atoms with Crippen LogP contribution in [0.1, 0.15) is 5.56 Å². The first-order valence-electron chi connectivity index (χ1n) is 5.28. The fourth-order valence-corrected chi connectivity index (χ4v) is 1.23. The first-order chi connectivity index (χ1) is 9.21. The zero-order valence-electron chi connectivity index (χ0n) is 10.6. The highest BCUT2D eigenvalue weighted by atomic mass is 16.7. The maximum atomic E-state index is 11.3. The van der Waals surface area contributed by atoms with E-state index < -0.39 is 5.97 Å². The number of rotatable bonds is 6. The molecule has 0 spiro atoms. The molecule has 7 nitrogen and oxygen atoms in total. The second kappa shape index (κ2) is 7.75. The summed E-state index contributed by atoms with van der Waals surface area (Å²) in [4.78, 5) is 13.9. The van der Waals surface area contributed by atoms with Crippen molar-refractivity contribution in [3.05, 3.63) is 46.0 Å². The Labute approximate surface area is 110 Å². The molecule has 1 rings (SSSR count). The van der Waals surface area contributed by atoms with E-state index in [0.29, 0.717) is 11.3 Å². The van der Waals surface area contributed by atoms with Crippen LogP contribution in [0.4, 0.5) is 0 Å². The number of carbonyl (C=O) groups is 1. The van der Waals surface area contributed by atoms with Gasteiger partial charge < -0.3 is 14.2 Å². The molecule has 0 heterocycles. The van der Waals surface area contributed by atoms with E-state index in [9.17, 15) is 4.79 Å². The molecule has 0 N–H and O–H groups in total. The zero-order chi connectivity index (χ0) is 14.1. The summed E-state index contributed by atoms with van der Waals surface area (Å²) in [7, 11) is 2.74. The van der Waals surface area contributed by atoms with E-state index in [0.717, 1.165) is 0 Å². The highest BCUT2D eigenvalue weighted by molar-refractivity contribution is 5.93. The molecule has 19 heavy (non-hydrogen) atoms. The molecule has 0 amide bonds. The minimum absolute atomic E-state index is 0.115. The topological polar surface area (TPSA) is 93.5 Å². The van der Waals surface area contributed by atoms with Gasteiger partial charge in [-0.1, -0.05) is 17.2 Å². The summed E-state index contributed by atoms with van der Waals surface area (Å²) in [6.07, 6.45) is 1.42. The van der Waals surface area contributed by atoms with Gasteiger partial charge in [-0.05, 0) is 29.3 Å². The van der Waals surface area contributed by atoms with Gasteiger partial charge in [0.2, 0.25) is 0 Å². The normalized spacial score (nSPS) is 10.5. The average molecular weight is 263 g/mol. The Bertz CT molecular complexity index is 504. The summed E-state index contributed by atoms with van der Waals surface area (Å²) in [6, 6.07) is 6.83. The molecule has 100 valence electrons. The maximum Gasteiger partial charge on any atom is 0.340 e. The number of methoxy groups -OCH3 is 2. The Morgan fingerprint density at radius 1 is 1.37 bits per heavy atom. The van der Waals surface area contributed by atoms with Crippen molar-refractivity contribution in [2.75, 3.05) is 21.0 Å². The van der Waals surface area contributed by atoms with E-state index >= 15 is 0 Å². The van der Waals surface area contributed by atoms with Gasteiger partial charge in [0.1, 0.15) is 11.4 Å². The van der Waals surface area contributed by atoms with Crippen molar-refractivity contribution in [2.24, 2.45) is 5.11 Å². The molecule has 0 radical (unpaired) electrons. The zero-order valence-corrected chi connectivity index (χ0v) is 10.6. The molecule has 0 atom stereocenters. The van der Waals surface area contributed by atoms with Crippen molar-refractivity contribution in [3.63, 3.8) is 0 Å². The van der Waals surface area contributed by atoms with Crippen LogP contribution in [0.2, 0.25) is 0 Å². The Balaban J connectivity index is 2.89. The number of benzene rings is 1. The Kier molecular flexibility index (Phi) is 5.94. The summed E-state index contributed by atoms with van der Waals surface area (Å²) in [5.74, 6) is -0.0695. The summed E-state index contributed by atoms with van der Waals surface area (Å²) in [5.41, 5.74) is 8.94. The lowest BCUT2D eigenvalue weighted by molar-refractivity contribution is -0.136. The standard InChI is InChI=1S/C12H13N3O4/c1-17-8-19-10-5-3-9(4-6-10)7-11(14-15-13)12(16)18-2/h3-7H,8H2,1-2H3/b11-7-. The van der Waals surface area contributed by atoms with E-state index in [1.165, 1.54) is 20.3 Å². The van der Waals surface area contributed by atoms with Gasteiger partial charge in [-0.25, -0.2) is 4.79 Å². The number of hydrogen-bond donors (Lipinski definition) is 0. The first kappa shape index (κ1) is 14.6. The van der Waals surface area contributed by atoms with Gasteiger partial charge in [0.15, 0.2) is 6.79 Å². The van der Waals surface area contributed by atoms with Crippen LogP contribution in [0.5, 0.6) is 5.75 Å². The van der Waals surface area contributed by atoms with Gasteiger partial charge in [-0.2, -0.15) is 0 Å². The van der Waals surface area contributed by atoms with Crippen LogP contribution in [0.25, 0.3) is 16.5 Å². The van der Waals surface area contributed by atoms with Crippen LogP contribution >= 0.6 is 0 Å². The van der Waals surface area contributed by atoms with E-state index in [2.05, 4.69) is 14.8 Å². The van der Waals surface area contributed by atoms with Crippen molar-refractivity contribution in [1.82, 2.24) is 0 Å². The predicted molar refractivity (Wildman–Crippen MR) is 68.1 cm³/mol. The molecule has 1 aromatic carbocycles. The fourth-order valence-electron chi connectivity index (χ4n) is 1.23. The molecule has 0 saturated heterocycles. The minimum atomic E-state index is -0.697. The van der Waals surface area contributed by atoms with Crippen LogP contribution in [0.15, 0.2) is 35.1 Å². The largest absolute Gasteiger partial charge is 0.468 e. The van der Waals surface area contributed by atoms with Crippen molar-refractivity contribution in [3.8, 4) is 5.75 Å². The molecule has 0 saturated carbocycles. The molecule has 0 aromatic heterocycles. The van der Waals surface area contributed by atoms with Crippen LogP contribution in [-0.4, -0.2) is 27.0 Å². The van der Waals surface area contributed by atoms with Gasteiger partial charge in [0.25, 0.3) is 0 Å². The van der Waals surface area contributed by atoms with Crippen molar-refractivity contribution < 1.29 is 19.0 Å². The smallest absolute Gasteiger partial charge is 0.340 e. The van der Waals surface area contributed by atoms with Gasteiger partial charge >= 0.3 is 5.97 Å².